The van der Waals surface area contributed by atoms with Crippen molar-refractivity contribution in [1.29, 1.82) is 0 Å². The summed E-state index contributed by atoms with van der Waals surface area (Å²) < 4.78 is 7.47. The maximum atomic E-state index is 5.98. The maximum absolute atomic E-state index is 5.98. The summed E-state index contributed by atoms with van der Waals surface area (Å²) >= 11 is 7.61. The number of hydrogen-bond donors (Lipinski definition) is 1. The van der Waals surface area contributed by atoms with Crippen molar-refractivity contribution in [3.05, 3.63) is 64.7 Å². The van der Waals surface area contributed by atoms with E-state index in [1.54, 1.807) is 16.4 Å². The minimum atomic E-state index is 0.506. The summed E-state index contributed by atoms with van der Waals surface area (Å²) in [6, 6.07) is 15.8. The van der Waals surface area contributed by atoms with E-state index in [4.69, 9.17) is 16.3 Å². The van der Waals surface area contributed by atoms with Crippen LogP contribution in [0.3, 0.4) is 0 Å². The predicted molar refractivity (Wildman–Crippen MR) is 103 cm³/mol. The number of aromatic nitrogens is 4. The first-order valence-corrected chi connectivity index (χ1v) is 9.59. The highest BCUT2D eigenvalue weighted by Gasteiger charge is 2.02. The molecule has 0 saturated heterocycles. The fraction of sp³-hybridized carbons (Fsp3) is 0.278. The van der Waals surface area contributed by atoms with Crippen LogP contribution in [-0.2, 0) is 20.2 Å². The van der Waals surface area contributed by atoms with Crippen LogP contribution in [0.5, 0.6) is 5.75 Å². The van der Waals surface area contributed by atoms with E-state index in [0.29, 0.717) is 6.61 Å². The van der Waals surface area contributed by atoms with E-state index in [9.17, 15) is 0 Å². The Morgan fingerprint density at radius 3 is 2.73 bits per heavy atom. The Bertz CT molecular complexity index is 824. The fourth-order valence-electron chi connectivity index (χ4n) is 2.29. The average Bonchev–Trinajstić information content (AvgIpc) is 3.06. The Morgan fingerprint density at radius 2 is 2.00 bits per heavy atom. The molecule has 0 unspecified atom stereocenters. The zero-order valence-electron chi connectivity index (χ0n) is 14.4. The van der Waals surface area contributed by atoms with E-state index in [1.807, 2.05) is 43.4 Å². The predicted octanol–water partition coefficient (Wildman–Crippen LogP) is 3.32. The van der Waals surface area contributed by atoms with Gasteiger partial charge in [-0.1, -0.05) is 47.6 Å². The number of nitrogens with zero attached hydrogens (tertiary/aromatic N) is 4. The molecule has 0 aliphatic carbocycles. The third-order valence-electron chi connectivity index (χ3n) is 3.64. The Morgan fingerprint density at radius 1 is 1.15 bits per heavy atom. The van der Waals surface area contributed by atoms with E-state index >= 15 is 0 Å². The van der Waals surface area contributed by atoms with Gasteiger partial charge in [0.2, 0.25) is 5.16 Å². The molecule has 3 aromatic rings. The van der Waals surface area contributed by atoms with E-state index in [-0.39, 0.29) is 0 Å². The molecule has 0 amide bonds. The van der Waals surface area contributed by atoms with Gasteiger partial charge in [-0.3, -0.25) is 0 Å². The van der Waals surface area contributed by atoms with Gasteiger partial charge in [0.1, 0.15) is 12.4 Å². The van der Waals surface area contributed by atoms with Crippen molar-refractivity contribution in [3.8, 4) is 5.75 Å². The molecule has 136 valence electrons. The van der Waals surface area contributed by atoms with Gasteiger partial charge in [-0.15, -0.1) is 5.10 Å². The standard InChI is InChI=1S/C18H20ClN5OS/c1-24-18(21-22-23-24)26-10-9-20-12-14-5-7-17(8-6-14)25-13-15-3-2-4-16(19)11-15/h2-8,11,20H,9-10,12-13H2,1H3. The molecule has 6 nitrogen and oxygen atoms in total. The van der Waals surface area contributed by atoms with Crippen molar-refractivity contribution >= 4 is 23.4 Å². The first-order chi connectivity index (χ1) is 12.7. The molecule has 8 heteroatoms. The molecule has 1 N–H and O–H groups in total. The van der Waals surface area contributed by atoms with E-state index in [2.05, 4.69) is 33.0 Å². The van der Waals surface area contributed by atoms with Gasteiger partial charge >= 0.3 is 0 Å². The fourth-order valence-corrected chi connectivity index (χ4v) is 3.25. The summed E-state index contributed by atoms with van der Waals surface area (Å²) in [5.41, 5.74) is 2.27. The molecule has 0 atom stereocenters. The number of hydrogen-bond acceptors (Lipinski definition) is 6. The smallest absolute Gasteiger partial charge is 0.209 e. The second-order valence-corrected chi connectivity index (χ2v) is 7.17. The minimum Gasteiger partial charge on any atom is -0.489 e. The molecular weight excluding hydrogens is 370 g/mol. The number of benzene rings is 2. The van der Waals surface area contributed by atoms with Gasteiger partial charge in [0.25, 0.3) is 0 Å². The lowest BCUT2D eigenvalue weighted by atomic mass is 10.2. The molecule has 26 heavy (non-hydrogen) atoms. The highest BCUT2D eigenvalue weighted by Crippen LogP contribution is 2.16. The number of nitrogens with one attached hydrogen (secondary N) is 1. The molecule has 2 aromatic carbocycles. The summed E-state index contributed by atoms with van der Waals surface area (Å²) in [6.45, 7) is 2.20. The summed E-state index contributed by atoms with van der Waals surface area (Å²) in [4.78, 5) is 0. The SMILES string of the molecule is Cn1nnnc1SCCNCc1ccc(OCc2cccc(Cl)c2)cc1. The molecule has 0 spiro atoms. The number of ether oxygens (including phenoxy) is 1. The summed E-state index contributed by atoms with van der Waals surface area (Å²) in [6.07, 6.45) is 0. The van der Waals surface area contributed by atoms with Gasteiger partial charge < -0.3 is 10.1 Å². The second kappa shape index (κ2) is 9.56. The molecule has 0 saturated carbocycles. The van der Waals surface area contributed by atoms with Crippen molar-refractivity contribution in [1.82, 2.24) is 25.5 Å². The summed E-state index contributed by atoms with van der Waals surface area (Å²) in [7, 11) is 1.84. The highest BCUT2D eigenvalue weighted by molar-refractivity contribution is 7.99. The quantitative estimate of drug-likeness (QED) is 0.447. The number of tetrazole rings is 1. The van der Waals surface area contributed by atoms with Gasteiger partial charge in [-0.25, -0.2) is 4.68 Å². The van der Waals surface area contributed by atoms with Gasteiger partial charge in [-0.05, 0) is 45.8 Å². The first kappa shape index (κ1) is 18.7. The van der Waals surface area contributed by atoms with Crippen LogP contribution in [-0.4, -0.2) is 32.5 Å². The van der Waals surface area contributed by atoms with Crippen LogP contribution < -0.4 is 10.1 Å². The number of thioether (sulfide) groups is 1. The maximum Gasteiger partial charge on any atom is 0.209 e. The van der Waals surface area contributed by atoms with Crippen molar-refractivity contribution in [2.75, 3.05) is 12.3 Å². The first-order valence-electron chi connectivity index (χ1n) is 8.23. The van der Waals surface area contributed by atoms with Gasteiger partial charge in [0.05, 0.1) is 0 Å². The van der Waals surface area contributed by atoms with E-state index in [0.717, 1.165) is 40.3 Å². The third-order valence-corrected chi connectivity index (χ3v) is 4.89. The van der Waals surface area contributed by atoms with Gasteiger partial charge in [-0.2, -0.15) is 0 Å². The molecule has 3 rings (SSSR count). The Hall–Kier alpha value is -2.09. The molecule has 0 aliphatic rings. The van der Waals surface area contributed by atoms with Gasteiger partial charge in [0.15, 0.2) is 0 Å². The Labute approximate surface area is 161 Å². The molecule has 0 fully saturated rings. The normalized spacial score (nSPS) is 10.8. The van der Waals surface area contributed by atoms with Crippen LogP contribution in [0.4, 0.5) is 0 Å². The number of aryl methyl sites for hydroxylation is 1. The van der Waals surface area contributed by atoms with Crippen molar-refractivity contribution in [2.45, 2.75) is 18.3 Å². The Balaban J connectivity index is 1.37. The number of halogens is 1. The van der Waals surface area contributed by atoms with Crippen LogP contribution in [0.15, 0.2) is 53.7 Å². The monoisotopic (exact) mass is 389 g/mol. The third kappa shape index (κ3) is 5.72. The van der Waals surface area contributed by atoms with Gasteiger partial charge in [0, 0.05) is 30.9 Å². The van der Waals surface area contributed by atoms with Crippen LogP contribution in [0.1, 0.15) is 11.1 Å². The summed E-state index contributed by atoms with van der Waals surface area (Å²) in [5, 5.41) is 16.3. The summed E-state index contributed by atoms with van der Waals surface area (Å²) in [5.74, 6) is 1.76. The number of rotatable bonds is 9. The van der Waals surface area contributed by atoms with Crippen molar-refractivity contribution in [2.24, 2.45) is 7.05 Å². The van der Waals surface area contributed by atoms with E-state index in [1.165, 1.54) is 5.56 Å². The molecule has 1 heterocycles. The van der Waals surface area contributed by atoms with Crippen LogP contribution in [0.25, 0.3) is 0 Å². The molecule has 0 bridgehead atoms. The van der Waals surface area contributed by atoms with Crippen LogP contribution in [0.2, 0.25) is 5.02 Å². The van der Waals surface area contributed by atoms with Crippen LogP contribution >= 0.6 is 23.4 Å². The van der Waals surface area contributed by atoms with Crippen molar-refractivity contribution in [3.63, 3.8) is 0 Å². The lowest BCUT2D eigenvalue weighted by Crippen LogP contribution is -2.16. The molecule has 0 aliphatic heterocycles. The topological polar surface area (TPSA) is 64.9 Å². The molecular formula is C18H20ClN5OS. The van der Waals surface area contributed by atoms with E-state index < -0.39 is 0 Å². The Kier molecular flexibility index (Phi) is 6.88. The molecule has 1 aromatic heterocycles. The van der Waals surface area contributed by atoms with Crippen LogP contribution in [0, 0.1) is 0 Å². The minimum absolute atomic E-state index is 0.506. The lowest BCUT2D eigenvalue weighted by molar-refractivity contribution is 0.306. The zero-order chi connectivity index (χ0) is 18.2. The largest absolute Gasteiger partial charge is 0.489 e. The average molecular weight is 390 g/mol. The second-order valence-electron chi connectivity index (χ2n) is 5.67. The van der Waals surface area contributed by atoms with Crippen molar-refractivity contribution < 1.29 is 4.74 Å². The zero-order valence-corrected chi connectivity index (χ0v) is 16.0. The molecule has 0 radical (unpaired) electrons. The lowest BCUT2D eigenvalue weighted by Gasteiger charge is -2.08. The highest BCUT2D eigenvalue weighted by atomic mass is 35.5.